The molecule has 178 valence electrons. The molecule has 2 aromatic rings. The maximum Gasteiger partial charge on any atom is 0.406 e. The molecule has 0 aromatic heterocycles. The van der Waals surface area contributed by atoms with Crippen LogP contribution < -0.4 is 5.32 Å². The van der Waals surface area contributed by atoms with Crippen molar-refractivity contribution < 1.29 is 22.7 Å². The van der Waals surface area contributed by atoms with Gasteiger partial charge in [0.15, 0.2) is 8.32 Å². The summed E-state index contributed by atoms with van der Waals surface area (Å²) in [6, 6.07) is 9.71. The lowest BCUT2D eigenvalue weighted by Gasteiger charge is -2.38. The summed E-state index contributed by atoms with van der Waals surface area (Å²) in [5, 5.41) is 14.2. The molecule has 0 heterocycles. The maximum absolute atomic E-state index is 14.0. The molecule has 2 rings (SSSR count). The maximum atomic E-state index is 14.0. The van der Waals surface area contributed by atoms with Crippen molar-refractivity contribution >= 4 is 31.5 Å². The lowest BCUT2D eigenvalue weighted by atomic mass is 9.95. The van der Waals surface area contributed by atoms with Crippen molar-refractivity contribution in [3.05, 3.63) is 69.7 Å². The number of aliphatic hydroxyl groups excluding tert-OH is 1. The number of nitrogens with one attached hydrogen (secondary N) is 1. The molecule has 32 heavy (non-hydrogen) atoms. The lowest BCUT2D eigenvalue weighted by Crippen LogP contribution is -2.52. The molecule has 3 nitrogen and oxygen atoms in total. The summed E-state index contributed by atoms with van der Waals surface area (Å²) < 4.78 is 47.9. The average Bonchev–Trinajstić information content (AvgIpc) is 2.66. The zero-order chi connectivity index (χ0) is 24.3. The summed E-state index contributed by atoms with van der Waals surface area (Å²) in [6.45, 7) is 9.15. The van der Waals surface area contributed by atoms with E-state index in [2.05, 4.69) is 5.32 Å². The second-order valence-corrected chi connectivity index (χ2v) is 15.0. The predicted octanol–water partition coefficient (Wildman–Crippen LogP) is 7.31. The Balaban J connectivity index is 2.38. The average molecular weight is 508 g/mol. The van der Waals surface area contributed by atoms with E-state index in [1.165, 1.54) is 6.07 Å². The van der Waals surface area contributed by atoms with Crippen LogP contribution in [0.4, 0.5) is 13.2 Å². The van der Waals surface area contributed by atoms with Gasteiger partial charge in [-0.25, -0.2) is 0 Å². The first-order valence-electron chi connectivity index (χ1n) is 10.3. The molecule has 0 amide bonds. The van der Waals surface area contributed by atoms with E-state index in [4.69, 9.17) is 27.6 Å². The van der Waals surface area contributed by atoms with Crippen molar-refractivity contribution in [3.63, 3.8) is 0 Å². The number of halogens is 5. The van der Waals surface area contributed by atoms with Crippen LogP contribution in [0.25, 0.3) is 0 Å². The summed E-state index contributed by atoms with van der Waals surface area (Å²) in [5.41, 5.74) is 0.861. The molecule has 9 heteroatoms. The fourth-order valence-electron chi connectivity index (χ4n) is 2.88. The Kier molecular flexibility index (Phi) is 8.87. The highest BCUT2D eigenvalue weighted by Gasteiger charge is 2.45. The highest BCUT2D eigenvalue weighted by molar-refractivity contribution is 6.74. The first-order chi connectivity index (χ1) is 14.6. The molecule has 2 aromatic carbocycles. The smallest absolute Gasteiger partial charge is 0.406 e. The number of aliphatic hydroxyl groups is 1. The number of hydrogen-bond acceptors (Lipinski definition) is 3. The Bertz CT molecular complexity index is 886. The SMILES string of the molecule is CC(C)(C)[Si](C)(C)OC[C@H](N[C@H](c1ccc(Cl)cc1)[C@H](O)c1cccc(Cl)c1)C(F)(F)F. The Morgan fingerprint density at radius 1 is 0.969 bits per heavy atom. The van der Waals surface area contributed by atoms with E-state index in [1.807, 2.05) is 33.9 Å². The van der Waals surface area contributed by atoms with Crippen molar-refractivity contribution in [1.29, 1.82) is 0 Å². The van der Waals surface area contributed by atoms with E-state index >= 15 is 0 Å². The third-order valence-corrected chi connectivity index (χ3v) is 10.9. The van der Waals surface area contributed by atoms with Crippen LogP contribution in [-0.2, 0) is 4.43 Å². The molecule has 2 N–H and O–H groups in total. The van der Waals surface area contributed by atoms with E-state index < -0.39 is 39.3 Å². The second kappa shape index (κ2) is 10.4. The van der Waals surface area contributed by atoms with Crippen LogP contribution in [0.2, 0.25) is 28.2 Å². The molecule has 0 fully saturated rings. The van der Waals surface area contributed by atoms with E-state index in [0.717, 1.165) is 0 Å². The Hall–Kier alpha value is -1.09. The molecule has 0 aliphatic rings. The minimum Gasteiger partial charge on any atom is -0.415 e. The van der Waals surface area contributed by atoms with Crippen LogP contribution in [-0.4, -0.2) is 32.2 Å². The van der Waals surface area contributed by atoms with Crippen LogP contribution in [0.3, 0.4) is 0 Å². The molecule has 0 unspecified atom stereocenters. The van der Waals surface area contributed by atoms with Gasteiger partial charge in [-0.15, -0.1) is 0 Å². The van der Waals surface area contributed by atoms with Gasteiger partial charge in [0, 0.05) is 10.0 Å². The summed E-state index contributed by atoms with van der Waals surface area (Å²) in [4.78, 5) is 0. The second-order valence-electron chi connectivity index (χ2n) is 9.36. The van der Waals surface area contributed by atoms with Gasteiger partial charge < -0.3 is 9.53 Å². The quantitative estimate of drug-likeness (QED) is 0.368. The topological polar surface area (TPSA) is 41.5 Å². The van der Waals surface area contributed by atoms with Crippen LogP contribution in [0, 0.1) is 0 Å². The van der Waals surface area contributed by atoms with E-state index in [9.17, 15) is 18.3 Å². The van der Waals surface area contributed by atoms with Gasteiger partial charge in [-0.05, 0) is 53.5 Å². The fourth-order valence-corrected chi connectivity index (χ4v) is 4.23. The summed E-state index contributed by atoms with van der Waals surface area (Å²) in [7, 11) is -2.42. The van der Waals surface area contributed by atoms with E-state index in [1.54, 1.807) is 42.5 Å². The normalized spacial score (nSPS) is 16.0. The number of benzene rings is 2. The van der Waals surface area contributed by atoms with Gasteiger partial charge in [-0.1, -0.05) is 68.2 Å². The molecular formula is C23H30Cl2F3NO2Si. The Morgan fingerprint density at radius 2 is 1.56 bits per heavy atom. The largest absolute Gasteiger partial charge is 0.415 e. The Labute approximate surface area is 199 Å². The third kappa shape index (κ3) is 7.20. The Morgan fingerprint density at radius 3 is 2.06 bits per heavy atom. The first-order valence-corrected chi connectivity index (χ1v) is 13.9. The molecule has 0 spiro atoms. The van der Waals surface area contributed by atoms with Gasteiger partial charge in [0.05, 0.1) is 18.8 Å². The van der Waals surface area contributed by atoms with Gasteiger partial charge in [-0.3, -0.25) is 5.32 Å². The van der Waals surface area contributed by atoms with Gasteiger partial charge in [0.1, 0.15) is 6.04 Å². The number of alkyl halides is 3. The molecular weight excluding hydrogens is 478 g/mol. The summed E-state index contributed by atoms with van der Waals surface area (Å²) in [6.07, 6.45) is -5.87. The minimum atomic E-state index is -4.58. The van der Waals surface area contributed by atoms with Crippen LogP contribution in [0.15, 0.2) is 48.5 Å². The third-order valence-electron chi connectivity index (χ3n) is 5.93. The molecule has 0 aliphatic heterocycles. The van der Waals surface area contributed by atoms with Crippen LogP contribution >= 0.6 is 23.2 Å². The van der Waals surface area contributed by atoms with Gasteiger partial charge in [-0.2, -0.15) is 13.2 Å². The monoisotopic (exact) mass is 507 g/mol. The van der Waals surface area contributed by atoms with Crippen molar-refractivity contribution in [3.8, 4) is 0 Å². The molecule has 0 aliphatic carbocycles. The number of rotatable bonds is 8. The fraction of sp³-hybridized carbons (Fsp3) is 0.478. The first kappa shape index (κ1) is 27.2. The number of hydrogen-bond donors (Lipinski definition) is 2. The molecule has 0 saturated heterocycles. The van der Waals surface area contributed by atoms with Crippen LogP contribution in [0.1, 0.15) is 44.0 Å². The zero-order valence-corrected chi connectivity index (χ0v) is 21.3. The highest BCUT2D eigenvalue weighted by atomic mass is 35.5. The van der Waals surface area contributed by atoms with Crippen molar-refractivity contribution in [1.82, 2.24) is 5.32 Å². The molecule has 0 saturated carbocycles. The highest BCUT2D eigenvalue weighted by Crippen LogP contribution is 2.38. The van der Waals surface area contributed by atoms with E-state index in [-0.39, 0.29) is 5.04 Å². The standard InChI is InChI=1S/C23H30Cl2F3NO2Si/c1-22(2,3)32(4,5)31-14-19(23(26,27)28)29-20(15-9-11-17(24)12-10-15)21(30)16-7-6-8-18(25)13-16/h6-13,19-21,29-30H,14H2,1-5H3/t19-,20+,21+/m0/s1. The van der Waals surface area contributed by atoms with Crippen LogP contribution in [0.5, 0.6) is 0 Å². The zero-order valence-electron chi connectivity index (χ0n) is 18.8. The summed E-state index contributed by atoms with van der Waals surface area (Å²) >= 11 is 12.0. The van der Waals surface area contributed by atoms with Gasteiger partial charge >= 0.3 is 6.18 Å². The van der Waals surface area contributed by atoms with Gasteiger partial charge in [0.25, 0.3) is 0 Å². The molecule has 0 bridgehead atoms. The minimum absolute atomic E-state index is 0.237. The lowest BCUT2D eigenvalue weighted by molar-refractivity contribution is -0.166. The van der Waals surface area contributed by atoms with Crippen molar-refractivity contribution in [2.24, 2.45) is 0 Å². The van der Waals surface area contributed by atoms with Gasteiger partial charge in [0.2, 0.25) is 0 Å². The molecule has 3 atom stereocenters. The van der Waals surface area contributed by atoms with Crippen molar-refractivity contribution in [2.75, 3.05) is 6.61 Å². The molecule has 0 radical (unpaired) electrons. The summed E-state index contributed by atoms with van der Waals surface area (Å²) in [5.74, 6) is 0. The van der Waals surface area contributed by atoms with Crippen molar-refractivity contribution in [2.45, 2.75) is 63.3 Å². The predicted molar refractivity (Wildman–Crippen MR) is 127 cm³/mol. The van der Waals surface area contributed by atoms with E-state index in [0.29, 0.717) is 21.2 Å².